The summed E-state index contributed by atoms with van der Waals surface area (Å²) in [5, 5.41) is 11.8. The van der Waals surface area contributed by atoms with Gasteiger partial charge in [0.1, 0.15) is 23.1 Å². The average molecular weight is 527 g/mol. The molecule has 1 amide bonds. The van der Waals surface area contributed by atoms with E-state index in [0.717, 1.165) is 28.0 Å². The Morgan fingerprint density at radius 2 is 1.82 bits per heavy atom. The fraction of sp³-hybridized carbons (Fsp3) is 0.0968. The van der Waals surface area contributed by atoms with Gasteiger partial charge in [0.15, 0.2) is 11.5 Å². The van der Waals surface area contributed by atoms with Crippen molar-refractivity contribution in [3.05, 3.63) is 114 Å². The Kier molecular flexibility index (Phi) is 7.42. The molecule has 9 nitrogen and oxygen atoms in total. The molecule has 0 aliphatic rings. The van der Waals surface area contributed by atoms with Crippen LogP contribution in [-0.4, -0.2) is 30.4 Å². The average Bonchev–Trinajstić information content (AvgIpc) is 3.37. The van der Waals surface area contributed by atoms with Crippen LogP contribution in [0.15, 0.2) is 91.3 Å². The van der Waals surface area contributed by atoms with Crippen LogP contribution in [0.3, 0.4) is 0 Å². The molecule has 5 rings (SSSR count). The van der Waals surface area contributed by atoms with E-state index < -0.39 is 0 Å². The highest BCUT2D eigenvalue weighted by molar-refractivity contribution is 5.92. The molecule has 3 N–H and O–H groups in total. The van der Waals surface area contributed by atoms with E-state index in [4.69, 9.17) is 21.0 Å². The van der Waals surface area contributed by atoms with Gasteiger partial charge in [-0.3, -0.25) is 9.36 Å². The molecular weight excluding hydrogens is 500 g/mol. The van der Waals surface area contributed by atoms with Crippen molar-refractivity contribution in [3.63, 3.8) is 0 Å². The zero-order valence-corrected chi connectivity index (χ0v) is 22.0. The van der Waals surface area contributed by atoms with Gasteiger partial charge in [0.05, 0.1) is 16.8 Å². The number of anilines is 1. The lowest BCUT2D eigenvalue weighted by Gasteiger charge is -2.12. The fourth-order valence-corrected chi connectivity index (χ4v) is 4.29. The van der Waals surface area contributed by atoms with Gasteiger partial charge in [-0.2, -0.15) is 5.26 Å². The van der Waals surface area contributed by atoms with Crippen molar-refractivity contribution in [2.24, 2.45) is 0 Å². The second-order valence-electron chi connectivity index (χ2n) is 8.88. The lowest BCUT2D eigenvalue weighted by Crippen LogP contribution is -2.23. The number of allylic oxidation sites excluding steroid dienone is 4. The molecule has 0 radical (unpaired) electrons. The molecule has 0 aliphatic carbocycles. The number of nitrogen functional groups attached to an aromatic ring is 1. The fourth-order valence-electron chi connectivity index (χ4n) is 4.29. The number of rotatable bonds is 7. The van der Waals surface area contributed by atoms with Crippen LogP contribution < -0.4 is 11.1 Å². The number of nitrogens with two attached hydrogens (primary N) is 1. The molecule has 0 bridgehead atoms. The first-order valence-electron chi connectivity index (χ1n) is 12.7. The second kappa shape index (κ2) is 11.4. The molecule has 0 fully saturated rings. The number of benzene rings is 1. The number of nitrogens with zero attached hydrogens (tertiary/aromatic N) is 6. The van der Waals surface area contributed by atoms with Crippen molar-refractivity contribution in [1.82, 2.24) is 29.8 Å². The Hall–Kier alpha value is -5.62. The number of nitriles is 1. The topological polar surface area (TPSA) is 135 Å². The summed E-state index contributed by atoms with van der Waals surface area (Å²) in [5.41, 5.74) is 12.6. The number of hydrogen-bond donors (Lipinski definition) is 2. The van der Waals surface area contributed by atoms with Crippen LogP contribution in [0.2, 0.25) is 0 Å². The SMILES string of the molecule is C/C=C\C(=C/C)c1ccc2nc(-c3cccnc3N)n(-c3ccc(CNC(=O)c4ccc(C#N)cn4)cc3)c2n1. The number of nitrogens with one attached hydrogen (secondary N) is 1. The third-order valence-corrected chi connectivity index (χ3v) is 6.31. The van der Waals surface area contributed by atoms with Gasteiger partial charge < -0.3 is 11.1 Å². The molecule has 0 aliphatic heterocycles. The number of amides is 1. The molecule has 9 heteroatoms. The molecule has 0 unspecified atom stereocenters. The first-order chi connectivity index (χ1) is 19.5. The van der Waals surface area contributed by atoms with E-state index in [-0.39, 0.29) is 11.6 Å². The number of carbonyl (C=O) groups excluding carboxylic acids is 1. The normalized spacial score (nSPS) is 11.6. The van der Waals surface area contributed by atoms with E-state index in [9.17, 15) is 4.79 Å². The van der Waals surface area contributed by atoms with Crippen molar-refractivity contribution in [2.45, 2.75) is 20.4 Å². The van der Waals surface area contributed by atoms with E-state index in [2.05, 4.69) is 15.3 Å². The minimum atomic E-state index is -0.318. The van der Waals surface area contributed by atoms with E-state index >= 15 is 0 Å². The van der Waals surface area contributed by atoms with Crippen molar-refractivity contribution in [1.29, 1.82) is 5.26 Å². The summed E-state index contributed by atoms with van der Waals surface area (Å²) in [6, 6.07) is 20.5. The maximum atomic E-state index is 12.5. The zero-order valence-electron chi connectivity index (χ0n) is 22.0. The minimum Gasteiger partial charge on any atom is -0.383 e. The van der Waals surface area contributed by atoms with Gasteiger partial charge in [-0.15, -0.1) is 0 Å². The smallest absolute Gasteiger partial charge is 0.270 e. The monoisotopic (exact) mass is 526 g/mol. The number of imidazole rings is 1. The molecule has 0 saturated heterocycles. The molecule has 0 atom stereocenters. The molecule has 4 heterocycles. The summed E-state index contributed by atoms with van der Waals surface area (Å²) >= 11 is 0. The third kappa shape index (κ3) is 5.19. The highest BCUT2D eigenvalue weighted by atomic mass is 16.1. The van der Waals surface area contributed by atoms with Gasteiger partial charge in [0.25, 0.3) is 5.91 Å². The van der Waals surface area contributed by atoms with Gasteiger partial charge in [-0.1, -0.05) is 30.4 Å². The van der Waals surface area contributed by atoms with Crippen LogP contribution in [0.4, 0.5) is 5.82 Å². The Labute approximate surface area is 231 Å². The maximum absolute atomic E-state index is 12.5. The molecule has 1 aromatic carbocycles. The van der Waals surface area contributed by atoms with Crippen LogP contribution >= 0.6 is 0 Å². The lowest BCUT2D eigenvalue weighted by molar-refractivity contribution is 0.0946. The third-order valence-electron chi connectivity index (χ3n) is 6.31. The van der Waals surface area contributed by atoms with E-state index in [1.54, 1.807) is 12.3 Å². The summed E-state index contributed by atoms with van der Waals surface area (Å²) in [5.74, 6) is 0.686. The van der Waals surface area contributed by atoms with Gasteiger partial charge >= 0.3 is 0 Å². The molecule has 0 saturated carbocycles. The largest absolute Gasteiger partial charge is 0.383 e. The second-order valence-corrected chi connectivity index (χ2v) is 8.88. The Bertz CT molecular complexity index is 1790. The molecular formula is C31H26N8O. The summed E-state index contributed by atoms with van der Waals surface area (Å²) < 4.78 is 1.97. The van der Waals surface area contributed by atoms with Gasteiger partial charge in [0.2, 0.25) is 0 Å². The van der Waals surface area contributed by atoms with Gasteiger partial charge in [-0.05, 0) is 73.5 Å². The molecule has 0 spiro atoms. The number of hydrogen-bond acceptors (Lipinski definition) is 7. The first kappa shape index (κ1) is 26.0. The Morgan fingerprint density at radius 3 is 2.50 bits per heavy atom. The number of aromatic nitrogens is 5. The quantitative estimate of drug-likeness (QED) is 0.277. The predicted molar refractivity (Wildman–Crippen MR) is 155 cm³/mol. The van der Waals surface area contributed by atoms with Gasteiger partial charge in [-0.25, -0.2) is 19.9 Å². The van der Waals surface area contributed by atoms with Gasteiger partial charge in [0, 0.05) is 24.6 Å². The molecule has 4 aromatic heterocycles. The van der Waals surface area contributed by atoms with Crippen LogP contribution in [0, 0.1) is 11.3 Å². The van der Waals surface area contributed by atoms with Crippen LogP contribution in [-0.2, 0) is 6.54 Å². The molecule has 5 aromatic rings. The summed E-state index contributed by atoms with van der Waals surface area (Å²) in [6.07, 6.45) is 9.04. The summed E-state index contributed by atoms with van der Waals surface area (Å²) in [4.78, 5) is 30.7. The highest BCUT2D eigenvalue weighted by Gasteiger charge is 2.19. The van der Waals surface area contributed by atoms with Crippen molar-refractivity contribution in [2.75, 3.05) is 5.73 Å². The molecule has 40 heavy (non-hydrogen) atoms. The van der Waals surface area contributed by atoms with E-state index in [1.165, 1.54) is 12.3 Å². The predicted octanol–water partition coefficient (Wildman–Crippen LogP) is 5.24. The maximum Gasteiger partial charge on any atom is 0.270 e. The van der Waals surface area contributed by atoms with Crippen molar-refractivity contribution in [3.8, 4) is 23.1 Å². The lowest BCUT2D eigenvalue weighted by atomic mass is 10.1. The van der Waals surface area contributed by atoms with E-state index in [1.807, 2.05) is 91.2 Å². The van der Waals surface area contributed by atoms with Crippen LogP contribution in [0.25, 0.3) is 33.8 Å². The summed E-state index contributed by atoms with van der Waals surface area (Å²) in [6.45, 7) is 4.26. The number of carbonyl (C=O) groups is 1. The standard InChI is InChI=1S/C31H26N8O/c1-3-6-22(4-2)25-14-15-26-30(37-25)39(29(38-26)24-7-5-16-34-28(24)33)23-11-8-20(9-12-23)18-36-31(40)27-13-10-21(17-32)19-35-27/h3-16,19H,18H2,1-2H3,(H2,33,34)(H,36,40)/b6-3-,22-4+. The Morgan fingerprint density at radius 1 is 1.02 bits per heavy atom. The first-order valence-corrected chi connectivity index (χ1v) is 12.7. The molecule has 196 valence electrons. The van der Waals surface area contributed by atoms with Crippen LogP contribution in [0.1, 0.15) is 41.2 Å². The summed E-state index contributed by atoms with van der Waals surface area (Å²) in [7, 11) is 0. The Balaban J connectivity index is 1.50. The number of pyridine rings is 3. The number of fused-ring (bicyclic) bond motifs is 1. The zero-order chi connectivity index (χ0) is 28.1. The van der Waals surface area contributed by atoms with Crippen molar-refractivity contribution < 1.29 is 4.79 Å². The van der Waals surface area contributed by atoms with Crippen LogP contribution in [0.5, 0.6) is 0 Å². The van der Waals surface area contributed by atoms with Crippen molar-refractivity contribution >= 4 is 28.5 Å². The highest BCUT2D eigenvalue weighted by Crippen LogP contribution is 2.31. The van der Waals surface area contributed by atoms with E-state index in [0.29, 0.717) is 35.0 Å². The minimum absolute atomic E-state index is 0.250.